The highest BCUT2D eigenvalue weighted by molar-refractivity contribution is 5.55. The molecule has 0 unspecified atom stereocenters. The minimum Gasteiger partial charge on any atom is -0.504 e. The zero-order valence-electron chi connectivity index (χ0n) is 15.7. The fraction of sp³-hybridized carbons (Fsp3) is 0.429. The Bertz CT molecular complexity index is 848. The van der Waals surface area contributed by atoms with Crippen LogP contribution in [0.3, 0.4) is 0 Å². The molecule has 5 nitrogen and oxygen atoms in total. The smallest absolute Gasteiger partial charge is 0.165 e. The number of phenols is 1. The van der Waals surface area contributed by atoms with Crippen molar-refractivity contribution in [2.75, 3.05) is 27.9 Å². The Morgan fingerprint density at radius 1 is 1.00 bits per heavy atom. The number of fused-ring (bicyclic) bond motifs is 4. The van der Waals surface area contributed by atoms with E-state index in [0.29, 0.717) is 5.75 Å². The SMILES string of the molecule is COc1cc2c(cc1OC)[C@@H]1[C@@H](C)c3ccc(O)c(OC)c3CN1CC2. The highest BCUT2D eigenvalue weighted by Crippen LogP contribution is 2.50. The van der Waals surface area contributed by atoms with Gasteiger partial charge in [0.15, 0.2) is 23.0 Å². The summed E-state index contributed by atoms with van der Waals surface area (Å²) >= 11 is 0. The first kappa shape index (κ1) is 17.0. The summed E-state index contributed by atoms with van der Waals surface area (Å²) in [4.78, 5) is 2.48. The van der Waals surface area contributed by atoms with Crippen LogP contribution in [0.25, 0.3) is 0 Å². The zero-order chi connectivity index (χ0) is 18.4. The quantitative estimate of drug-likeness (QED) is 0.911. The second kappa shape index (κ2) is 6.40. The van der Waals surface area contributed by atoms with Crippen molar-refractivity contribution in [3.05, 3.63) is 46.5 Å². The minimum absolute atomic E-state index is 0.209. The second-order valence-electron chi connectivity index (χ2n) is 7.05. The van der Waals surface area contributed by atoms with Gasteiger partial charge in [0.05, 0.1) is 21.3 Å². The molecule has 0 fully saturated rings. The molecule has 2 aliphatic rings. The van der Waals surface area contributed by atoms with Crippen LogP contribution in [-0.2, 0) is 13.0 Å². The lowest BCUT2D eigenvalue weighted by Gasteiger charge is -2.45. The maximum atomic E-state index is 10.2. The van der Waals surface area contributed by atoms with Gasteiger partial charge in [-0.15, -0.1) is 0 Å². The first-order valence-corrected chi connectivity index (χ1v) is 8.96. The van der Waals surface area contributed by atoms with Crippen LogP contribution in [0.4, 0.5) is 0 Å². The molecule has 4 rings (SSSR count). The summed E-state index contributed by atoms with van der Waals surface area (Å²) in [7, 11) is 4.98. The predicted molar refractivity (Wildman–Crippen MR) is 99.5 cm³/mol. The van der Waals surface area contributed by atoms with E-state index in [4.69, 9.17) is 14.2 Å². The van der Waals surface area contributed by atoms with Crippen LogP contribution >= 0.6 is 0 Å². The number of nitrogens with zero attached hydrogens (tertiary/aromatic N) is 1. The molecule has 0 bridgehead atoms. The molecule has 0 aliphatic carbocycles. The van der Waals surface area contributed by atoms with Crippen LogP contribution in [0.15, 0.2) is 24.3 Å². The number of rotatable bonds is 3. The summed E-state index contributed by atoms with van der Waals surface area (Å²) in [5, 5.41) is 10.2. The molecule has 2 heterocycles. The van der Waals surface area contributed by atoms with E-state index in [1.165, 1.54) is 16.7 Å². The van der Waals surface area contributed by atoms with E-state index in [2.05, 4.69) is 24.0 Å². The number of methoxy groups -OCH3 is 3. The highest BCUT2D eigenvalue weighted by Gasteiger charge is 2.39. The largest absolute Gasteiger partial charge is 0.504 e. The van der Waals surface area contributed by atoms with Crippen molar-refractivity contribution < 1.29 is 19.3 Å². The first-order chi connectivity index (χ1) is 12.6. The number of hydrogen-bond acceptors (Lipinski definition) is 5. The number of benzene rings is 2. The Balaban J connectivity index is 1.83. The van der Waals surface area contributed by atoms with Crippen molar-refractivity contribution in [1.29, 1.82) is 0 Å². The second-order valence-corrected chi connectivity index (χ2v) is 7.05. The van der Waals surface area contributed by atoms with E-state index in [9.17, 15) is 5.11 Å². The third kappa shape index (κ3) is 2.42. The monoisotopic (exact) mass is 355 g/mol. The van der Waals surface area contributed by atoms with Crippen LogP contribution in [0, 0.1) is 0 Å². The van der Waals surface area contributed by atoms with Gasteiger partial charge in [0.1, 0.15) is 0 Å². The average Bonchev–Trinajstić information content (AvgIpc) is 2.66. The predicted octanol–water partition coefficient (Wildman–Crippen LogP) is 3.63. The van der Waals surface area contributed by atoms with E-state index < -0.39 is 0 Å². The van der Waals surface area contributed by atoms with Crippen LogP contribution in [0.1, 0.15) is 41.1 Å². The van der Waals surface area contributed by atoms with Gasteiger partial charge in [-0.2, -0.15) is 0 Å². The lowest BCUT2D eigenvalue weighted by atomic mass is 9.77. The molecular weight excluding hydrogens is 330 g/mol. The molecule has 0 saturated carbocycles. The summed E-state index contributed by atoms with van der Waals surface area (Å²) < 4.78 is 16.5. The first-order valence-electron chi connectivity index (χ1n) is 8.96. The molecule has 0 amide bonds. The van der Waals surface area contributed by atoms with Crippen molar-refractivity contribution in [1.82, 2.24) is 4.90 Å². The van der Waals surface area contributed by atoms with Crippen LogP contribution in [-0.4, -0.2) is 37.9 Å². The molecule has 2 atom stereocenters. The third-order valence-electron chi connectivity index (χ3n) is 5.83. The zero-order valence-corrected chi connectivity index (χ0v) is 15.7. The van der Waals surface area contributed by atoms with E-state index >= 15 is 0 Å². The Morgan fingerprint density at radius 2 is 1.73 bits per heavy atom. The molecule has 0 radical (unpaired) electrons. The standard InChI is InChI=1S/C21H25NO4/c1-12-14-5-6-17(23)21(26-4)16(14)11-22-8-7-13-9-18(24-2)19(25-3)10-15(13)20(12)22/h5-6,9-10,12,20,23H,7-8,11H2,1-4H3/t12-,20-/m0/s1. The van der Waals surface area contributed by atoms with Crippen molar-refractivity contribution >= 4 is 0 Å². The van der Waals surface area contributed by atoms with Crippen molar-refractivity contribution in [3.63, 3.8) is 0 Å². The van der Waals surface area contributed by atoms with Crippen LogP contribution in [0.5, 0.6) is 23.0 Å². The molecule has 2 aromatic carbocycles. The molecule has 2 aromatic rings. The van der Waals surface area contributed by atoms with Gasteiger partial charge in [-0.25, -0.2) is 0 Å². The molecule has 2 aliphatic heterocycles. The average molecular weight is 355 g/mol. The molecule has 26 heavy (non-hydrogen) atoms. The van der Waals surface area contributed by atoms with Gasteiger partial charge in [0.2, 0.25) is 0 Å². The number of ether oxygens (including phenoxy) is 3. The maximum Gasteiger partial charge on any atom is 0.165 e. The molecule has 138 valence electrons. The Hall–Kier alpha value is -2.40. The van der Waals surface area contributed by atoms with E-state index in [-0.39, 0.29) is 17.7 Å². The third-order valence-corrected chi connectivity index (χ3v) is 5.83. The molecule has 0 aromatic heterocycles. The van der Waals surface area contributed by atoms with Crippen molar-refractivity contribution in [3.8, 4) is 23.0 Å². The van der Waals surface area contributed by atoms with Gasteiger partial charge in [-0.1, -0.05) is 13.0 Å². The number of hydrogen-bond donors (Lipinski definition) is 1. The Labute approximate surface area is 154 Å². The van der Waals surface area contributed by atoms with E-state index in [0.717, 1.165) is 36.6 Å². The van der Waals surface area contributed by atoms with Gasteiger partial charge in [-0.3, -0.25) is 4.90 Å². The normalized spacial score (nSPS) is 21.4. The molecule has 0 saturated heterocycles. The molecular formula is C21H25NO4. The Morgan fingerprint density at radius 3 is 2.42 bits per heavy atom. The molecule has 1 N–H and O–H groups in total. The highest BCUT2D eigenvalue weighted by atomic mass is 16.5. The van der Waals surface area contributed by atoms with Crippen molar-refractivity contribution in [2.24, 2.45) is 0 Å². The lowest BCUT2D eigenvalue weighted by molar-refractivity contribution is 0.136. The summed E-state index contributed by atoms with van der Waals surface area (Å²) in [6, 6.07) is 8.29. The molecule has 0 spiro atoms. The van der Waals surface area contributed by atoms with Crippen LogP contribution < -0.4 is 14.2 Å². The summed E-state index contributed by atoms with van der Waals surface area (Å²) in [5.41, 5.74) is 4.97. The van der Waals surface area contributed by atoms with Crippen LogP contribution in [0.2, 0.25) is 0 Å². The summed E-state index contributed by atoms with van der Waals surface area (Å²) in [5.74, 6) is 2.65. The number of aromatic hydroxyl groups is 1. The van der Waals surface area contributed by atoms with Gasteiger partial charge >= 0.3 is 0 Å². The topological polar surface area (TPSA) is 51.2 Å². The maximum absolute atomic E-state index is 10.2. The number of phenolic OH excluding ortho intramolecular Hbond substituents is 1. The van der Waals surface area contributed by atoms with Gasteiger partial charge in [0, 0.05) is 30.6 Å². The minimum atomic E-state index is 0.209. The Kier molecular flexibility index (Phi) is 4.19. The summed E-state index contributed by atoms with van der Waals surface area (Å²) in [6.45, 7) is 3.99. The van der Waals surface area contributed by atoms with E-state index in [1.807, 2.05) is 6.07 Å². The fourth-order valence-electron chi connectivity index (χ4n) is 4.61. The van der Waals surface area contributed by atoms with E-state index in [1.54, 1.807) is 27.4 Å². The van der Waals surface area contributed by atoms with Gasteiger partial charge in [-0.05, 0) is 41.3 Å². The van der Waals surface area contributed by atoms with Crippen molar-refractivity contribution in [2.45, 2.75) is 31.8 Å². The summed E-state index contributed by atoms with van der Waals surface area (Å²) in [6.07, 6.45) is 0.968. The van der Waals surface area contributed by atoms with Gasteiger partial charge < -0.3 is 19.3 Å². The molecule has 5 heteroatoms. The van der Waals surface area contributed by atoms with Gasteiger partial charge in [0.25, 0.3) is 0 Å². The lowest BCUT2D eigenvalue weighted by Crippen LogP contribution is -2.41. The fourth-order valence-corrected chi connectivity index (χ4v) is 4.61.